The second-order valence-electron chi connectivity index (χ2n) is 4.02. The maximum absolute atomic E-state index is 11.5. The number of rotatable bonds is 4. The minimum absolute atomic E-state index is 0.174. The lowest BCUT2D eigenvalue weighted by Gasteiger charge is -2.10. The van der Waals surface area contributed by atoms with Gasteiger partial charge in [0.25, 0.3) is 0 Å². The standard InChI is InChI=1S/C13H13NO3S/c1-9-7-12(15)11(13(16)17)8-14(9)5-4-10-3-2-6-18-10/h2-3,6-8H,4-5H2,1H3,(H,16,17). The molecule has 0 aliphatic heterocycles. The molecule has 5 heteroatoms. The maximum Gasteiger partial charge on any atom is 0.341 e. The fraction of sp³-hybridized carbons (Fsp3) is 0.231. The van der Waals surface area contributed by atoms with Crippen LogP contribution in [0.2, 0.25) is 0 Å². The summed E-state index contributed by atoms with van der Waals surface area (Å²) in [5, 5.41) is 10.9. The van der Waals surface area contributed by atoms with Crippen LogP contribution in [0, 0.1) is 6.92 Å². The van der Waals surface area contributed by atoms with E-state index in [1.54, 1.807) is 18.3 Å². The Balaban J connectivity index is 2.24. The SMILES string of the molecule is Cc1cc(=O)c(C(=O)O)cn1CCc1cccs1. The van der Waals surface area contributed by atoms with E-state index in [0.717, 1.165) is 12.1 Å². The lowest BCUT2D eigenvalue weighted by Crippen LogP contribution is -2.19. The minimum Gasteiger partial charge on any atom is -0.477 e. The number of thiophene rings is 1. The molecule has 0 aliphatic rings. The third-order valence-electron chi connectivity index (χ3n) is 2.75. The minimum atomic E-state index is -1.18. The van der Waals surface area contributed by atoms with Gasteiger partial charge in [-0.2, -0.15) is 0 Å². The number of aryl methyl sites for hydroxylation is 3. The Morgan fingerprint density at radius 3 is 2.89 bits per heavy atom. The van der Waals surface area contributed by atoms with Crippen molar-refractivity contribution in [3.8, 4) is 0 Å². The molecule has 1 N–H and O–H groups in total. The number of nitrogens with zero attached hydrogens (tertiary/aromatic N) is 1. The largest absolute Gasteiger partial charge is 0.477 e. The van der Waals surface area contributed by atoms with E-state index in [2.05, 4.69) is 0 Å². The third-order valence-corrected chi connectivity index (χ3v) is 3.69. The highest BCUT2D eigenvalue weighted by atomic mass is 32.1. The van der Waals surface area contributed by atoms with Crippen molar-refractivity contribution in [2.75, 3.05) is 0 Å². The first-order chi connectivity index (χ1) is 8.58. The van der Waals surface area contributed by atoms with Crippen LogP contribution in [-0.2, 0) is 13.0 Å². The van der Waals surface area contributed by atoms with Crippen molar-refractivity contribution in [1.29, 1.82) is 0 Å². The fourth-order valence-corrected chi connectivity index (χ4v) is 2.46. The van der Waals surface area contributed by atoms with Crippen LogP contribution < -0.4 is 5.43 Å². The molecule has 0 bridgehead atoms. The van der Waals surface area contributed by atoms with Crippen LogP contribution in [0.1, 0.15) is 20.9 Å². The van der Waals surface area contributed by atoms with Crippen LogP contribution in [0.25, 0.3) is 0 Å². The molecule has 0 aromatic carbocycles. The van der Waals surface area contributed by atoms with Gasteiger partial charge in [0.15, 0.2) is 5.43 Å². The van der Waals surface area contributed by atoms with E-state index in [0.29, 0.717) is 6.54 Å². The summed E-state index contributed by atoms with van der Waals surface area (Å²) in [4.78, 5) is 23.6. The topological polar surface area (TPSA) is 59.3 Å². The summed E-state index contributed by atoms with van der Waals surface area (Å²) < 4.78 is 1.81. The molecule has 0 amide bonds. The number of carboxylic acid groups (broad SMARTS) is 1. The van der Waals surface area contributed by atoms with E-state index < -0.39 is 11.4 Å². The van der Waals surface area contributed by atoms with Crippen molar-refractivity contribution in [2.45, 2.75) is 19.9 Å². The van der Waals surface area contributed by atoms with Gasteiger partial charge in [0.05, 0.1) is 0 Å². The summed E-state index contributed by atoms with van der Waals surface area (Å²) in [6.45, 7) is 2.48. The van der Waals surface area contributed by atoms with Crippen LogP contribution >= 0.6 is 11.3 Å². The van der Waals surface area contributed by atoms with Crippen LogP contribution in [-0.4, -0.2) is 15.6 Å². The third kappa shape index (κ3) is 2.68. The Morgan fingerprint density at radius 2 is 2.28 bits per heavy atom. The smallest absolute Gasteiger partial charge is 0.341 e. The van der Waals surface area contributed by atoms with Gasteiger partial charge in [-0.3, -0.25) is 4.79 Å². The molecule has 2 rings (SSSR count). The second kappa shape index (κ2) is 5.18. The highest BCUT2D eigenvalue weighted by Crippen LogP contribution is 2.11. The summed E-state index contributed by atoms with van der Waals surface area (Å²) in [7, 11) is 0. The molecule has 94 valence electrons. The molecule has 0 saturated carbocycles. The Bertz CT molecular complexity index is 614. The highest BCUT2D eigenvalue weighted by Gasteiger charge is 2.10. The molecule has 0 unspecified atom stereocenters. The van der Waals surface area contributed by atoms with Gasteiger partial charge in [0.2, 0.25) is 0 Å². The molecule has 0 aliphatic carbocycles. The number of carbonyl (C=O) groups is 1. The predicted molar refractivity (Wildman–Crippen MR) is 70.4 cm³/mol. The number of carboxylic acids is 1. The summed E-state index contributed by atoms with van der Waals surface area (Å²) in [5.74, 6) is -1.18. The molecule has 18 heavy (non-hydrogen) atoms. The zero-order valence-electron chi connectivity index (χ0n) is 9.92. The summed E-state index contributed by atoms with van der Waals surface area (Å²) in [6.07, 6.45) is 2.26. The first-order valence-electron chi connectivity index (χ1n) is 5.54. The average Bonchev–Trinajstić information content (AvgIpc) is 2.80. The van der Waals surface area contributed by atoms with Gasteiger partial charge in [-0.25, -0.2) is 4.79 Å². The van der Waals surface area contributed by atoms with Crippen molar-refractivity contribution in [3.05, 3.63) is 56.1 Å². The Labute approximate surface area is 108 Å². The maximum atomic E-state index is 11.5. The zero-order valence-corrected chi connectivity index (χ0v) is 10.7. The molecule has 0 radical (unpaired) electrons. The molecular weight excluding hydrogens is 250 g/mol. The molecule has 2 aromatic rings. The quantitative estimate of drug-likeness (QED) is 0.919. The van der Waals surface area contributed by atoms with E-state index in [9.17, 15) is 9.59 Å². The fourth-order valence-electron chi connectivity index (χ4n) is 1.76. The molecule has 4 nitrogen and oxygen atoms in total. The predicted octanol–water partition coefficient (Wildman–Crippen LogP) is 2.16. The highest BCUT2D eigenvalue weighted by molar-refractivity contribution is 7.09. The van der Waals surface area contributed by atoms with Crippen LogP contribution in [0.5, 0.6) is 0 Å². The van der Waals surface area contributed by atoms with Crippen LogP contribution in [0.3, 0.4) is 0 Å². The van der Waals surface area contributed by atoms with E-state index in [-0.39, 0.29) is 5.56 Å². The summed E-state index contributed by atoms with van der Waals surface area (Å²) in [5.41, 5.74) is 0.167. The first-order valence-corrected chi connectivity index (χ1v) is 6.42. The lowest BCUT2D eigenvalue weighted by molar-refractivity contribution is 0.0694. The molecule has 0 fully saturated rings. The van der Waals surface area contributed by atoms with E-state index >= 15 is 0 Å². The van der Waals surface area contributed by atoms with E-state index in [1.165, 1.54) is 17.1 Å². The Hall–Kier alpha value is -1.88. The molecule has 0 saturated heterocycles. The zero-order chi connectivity index (χ0) is 13.1. The van der Waals surface area contributed by atoms with Crippen molar-refractivity contribution >= 4 is 17.3 Å². The van der Waals surface area contributed by atoms with Gasteiger partial charge in [0, 0.05) is 29.4 Å². The molecule has 2 aromatic heterocycles. The van der Waals surface area contributed by atoms with Crippen molar-refractivity contribution in [2.24, 2.45) is 0 Å². The van der Waals surface area contributed by atoms with Gasteiger partial charge in [-0.05, 0) is 24.8 Å². The van der Waals surface area contributed by atoms with Crippen molar-refractivity contribution in [3.63, 3.8) is 0 Å². The molecular formula is C13H13NO3S. The summed E-state index contributed by atoms with van der Waals surface area (Å²) >= 11 is 1.67. The number of hydrogen-bond acceptors (Lipinski definition) is 3. The van der Waals surface area contributed by atoms with E-state index in [1.807, 2.05) is 22.1 Å². The van der Waals surface area contributed by atoms with Gasteiger partial charge in [-0.15, -0.1) is 11.3 Å². The number of hydrogen-bond donors (Lipinski definition) is 1. The van der Waals surface area contributed by atoms with Crippen molar-refractivity contribution in [1.82, 2.24) is 4.57 Å². The van der Waals surface area contributed by atoms with E-state index in [4.69, 9.17) is 5.11 Å². The Morgan fingerprint density at radius 1 is 1.50 bits per heavy atom. The van der Waals surface area contributed by atoms with Gasteiger partial charge in [0.1, 0.15) is 5.56 Å². The lowest BCUT2D eigenvalue weighted by atomic mass is 10.2. The normalized spacial score (nSPS) is 10.5. The molecule has 2 heterocycles. The van der Waals surface area contributed by atoms with Gasteiger partial charge < -0.3 is 9.67 Å². The number of aromatic nitrogens is 1. The molecule has 0 spiro atoms. The molecule has 0 atom stereocenters. The monoisotopic (exact) mass is 263 g/mol. The number of aromatic carboxylic acids is 1. The number of pyridine rings is 1. The average molecular weight is 263 g/mol. The summed E-state index contributed by atoms with van der Waals surface area (Å²) in [6, 6.07) is 5.40. The van der Waals surface area contributed by atoms with Gasteiger partial charge >= 0.3 is 5.97 Å². The second-order valence-corrected chi connectivity index (χ2v) is 5.05. The van der Waals surface area contributed by atoms with Crippen molar-refractivity contribution < 1.29 is 9.90 Å². The van der Waals surface area contributed by atoms with Gasteiger partial charge in [-0.1, -0.05) is 6.07 Å². The Kier molecular flexibility index (Phi) is 3.62. The van der Waals surface area contributed by atoms with Crippen LogP contribution in [0.15, 0.2) is 34.6 Å². The first kappa shape index (κ1) is 12.6. The van der Waals surface area contributed by atoms with Crippen LogP contribution in [0.4, 0.5) is 0 Å².